The van der Waals surface area contributed by atoms with Gasteiger partial charge in [-0.1, -0.05) is 158 Å². The second-order valence-corrected chi connectivity index (χ2v) is 16.0. The maximum absolute atomic E-state index is 13.4. The van der Waals surface area contributed by atoms with E-state index in [1.807, 2.05) is 55.2 Å². The fourth-order valence-corrected chi connectivity index (χ4v) is 9.07. The second-order valence-electron chi connectivity index (χ2n) is 13.9. The van der Waals surface area contributed by atoms with Gasteiger partial charge in [0.2, 0.25) is 0 Å². The largest absolute Gasteiger partial charge is 0.462 e. The van der Waals surface area contributed by atoms with Crippen LogP contribution in [0.15, 0.2) is 114 Å². The maximum atomic E-state index is 13.4. The molecule has 3 atom stereocenters. The molecule has 0 N–H and O–H groups in total. The van der Waals surface area contributed by atoms with Gasteiger partial charge in [0.05, 0.1) is 5.92 Å². The third-order valence-electron chi connectivity index (χ3n) is 9.57. The summed E-state index contributed by atoms with van der Waals surface area (Å²) in [4.78, 5) is 27.6. The zero-order valence-electron chi connectivity index (χ0n) is 33.7. The molecular weight excluding hydrogens is 705 g/mol. The monoisotopic (exact) mass is 768 g/mol. The Morgan fingerprint density at radius 2 is 1.76 bits per heavy atom. The lowest BCUT2D eigenvalue weighted by atomic mass is 9.95. The maximum Gasteiger partial charge on any atom is 0.309 e. The Morgan fingerprint density at radius 3 is 2.46 bits per heavy atom. The molecule has 0 amide bonds. The molecule has 2 heterocycles. The molecule has 4 nitrogen and oxygen atoms in total. The van der Waals surface area contributed by atoms with Crippen LogP contribution in [0.3, 0.4) is 0 Å². The van der Waals surface area contributed by atoms with Crippen molar-refractivity contribution in [1.82, 2.24) is 0 Å². The van der Waals surface area contributed by atoms with Gasteiger partial charge in [-0.3, -0.25) is 9.59 Å². The molecular formula is C48H64O4S2. The highest BCUT2D eigenvalue weighted by Crippen LogP contribution is 2.41. The highest BCUT2D eigenvalue weighted by Gasteiger charge is 2.23. The van der Waals surface area contributed by atoms with Crippen LogP contribution in [0.5, 0.6) is 0 Å². The molecule has 0 aliphatic carbocycles. The lowest BCUT2D eigenvalue weighted by Crippen LogP contribution is -2.25. The number of hydrogen-bond acceptors (Lipinski definition) is 6. The van der Waals surface area contributed by atoms with Crippen LogP contribution in [0.1, 0.15) is 123 Å². The van der Waals surface area contributed by atoms with Crippen LogP contribution in [0.2, 0.25) is 0 Å². The first-order chi connectivity index (χ1) is 26.3. The Morgan fingerprint density at radius 1 is 0.963 bits per heavy atom. The van der Waals surface area contributed by atoms with Crippen molar-refractivity contribution in [2.75, 3.05) is 5.75 Å². The van der Waals surface area contributed by atoms with E-state index in [4.69, 9.17) is 9.47 Å². The minimum Gasteiger partial charge on any atom is -0.462 e. The summed E-state index contributed by atoms with van der Waals surface area (Å²) in [5.41, 5.74) is 4.41. The molecule has 6 heteroatoms. The summed E-state index contributed by atoms with van der Waals surface area (Å²) >= 11 is 3.76. The van der Waals surface area contributed by atoms with Gasteiger partial charge in [-0.05, 0) is 61.0 Å². The molecule has 292 valence electrons. The molecule has 1 aliphatic heterocycles. The van der Waals surface area contributed by atoms with Gasteiger partial charge in [-0.2, -0.15) is 0 Å². The van der Waals surface area contributed by atoms with E-state index in [1.54, 1.807) is 0 Å². The quantitative estimate of drug-likeness (QED) is 0.0678. The average Bonchev–Trinajstić information content (AvgIpc) is 3.54. The SMILES string of the molecule is C=C/C=C(\C=C/CC(CC)OC(C)=O)c1ccc2c3c(sc2c1)C\C=C/C(/C=C/C=C(\C=C/C)C(CC)OC(=O)C(CCCC)CCCCCC)=C\CS3. The summed E-state index contributed by atoms with van der Waals surface area (Å²) in [6.45, 7) is 15.9. The number of fused-ring (bicyclic) bond motifs is 3. The van der Waals surface area contributed by atoms with Gasteiger partial charge in [0.25, 0.3) is 0 Å². The van der Waals surface area contributed by atoms with E-state index in [-0.39, 0.29) is 30.1 Å². The van der Waals surface area contributed by atoms with Gasteiger partial charge in [-0.15, -0.1) is 23.1 Å². The van der Waals surface area contributed by atoms with Crippen LogP contribution in [0.4, 0.5) is 0 Å². The Bertz CT molecular complexity index is 1710. The average molecular weight is 769 g/mol. The molecule has 1 aromatic carbocycles. The zero-order valence-corrected chi connectivity index (χ0v) is 35.4. The molecule has 1 aliphatic rings. The molecule has 54 heavy (non-hydrogen) atoms. The number of unbranched alkanes of at least 4 members (excludes halogenated alkanes) is 4. The van der Waals surface area contributed by atoms with Crippen molar-refractivity contribution in [2.24, 2.45) is 5.92 Å². The third-order valence-corrected chi connectivity index (χ3v) is 12.0. The lowest BCUT2D eigenvalue weighted by molar-refractivity contribution is -0.153. The topological polar surface area (TPSA) is 52.6 Å². The molecule has 0 fully saturated rings. The van der Waals surface area contributed by atoms with E-state index in [2.05, 4.69) is 100 Å². The van der Waals surface area contributed by atoms with E-state index in [0.717, 1.165) is 73.8 Å². The zero-order chi connectivity index (χ0) is 39.1. The van der Waals surface area contributed by atoms with Gasteiger partial charge >= 0.3 is 11.9 Å². The molecule has 1 aromatic heterocycles. The highest BCUT2D eigenvalue weighted by molar-refractivity contribution is 7.99. The lowest BCUT2D eigenvalue weighted by Gasteiger charge is -2.22. The van der Waals surface area contributed by atoms with Crippen molar-refractivity contribution in [3.63, 3.8) is 0 Å². The predicted octanol–water partition coefficient (Wildman–Crippen LogP) is 14.0. The van der Waals surface area contributed by atoms with Crippen molar-refractivity contribution in [3.8, 4) is 0 Å². The van der Waals surface area contributed by atoms with Gasteiger partial charge in [-0.25, -0.2) is 0 Å². The number of ether oxygens (including phenoxy) is 2. The van der Waals surface area contributed by atoms with Crippen LogP contribution in [0.25, 0.3) is 15.7 Å². The number of benzene rings is 1. The van der Waals surface area contributed by atoms with Crippen molar-refractivity contribution < 1.29 is 19.1 Å². The van der Waals surface area contributed by atoms with E-state index in [9.17, 15) is 9.59 Å². The van der Waals surface area contributed by atoms with Crippen LogP contribution < -0.4 is 0 Å². The number of esters is 2. The molecule has 0 bridgehead atoms. The fourth-order valence-electron chi connectivity index (χ4n) is 6.57. The van der Waals surface area contributed by atoms with Crippen molar-refractivity contribution in [3.05, 3.63) is 119 Å². The summed E-state index contributed by atoms with van der Waals surface area (Å²) in [6.07, 6.45) is 36.6. The van der Waals surface area contributed by atoms with Crippen molar-refractivity contribution in [2.45, 2.75) is 136 Å². The van der Waals surface area contributed by atoms with Gasteiger partial charge in [0.1, 0.15) is 12.2 Å². The highest BCUT2D eigenvalue weighted by atomic mass is 32.2. The smallest absolute Gasteiger partial charge is 0.309 e. The van der Waals surface area contributed by atoms with Crippen molar-refractivity contribution in [1.29, 1.82) is 0 Å². The minimum atomic E-state index is -0.261. The van der Waals surface area contributed by atoms with Crippen LogP contribution in [0, 0.1) is 5.92 Å². The molecule has 0 saturated heterocycles. The van der Waals surface area contributed by atoms with Crippen LogP contribution >= 0.6 is 23.1 Å². The predicted molar refractivity (Wildman–Crippen MR) is 235 cm³/mol. The first-order valence-electron chi connectivity index (χ1n) is 20.2. The van der Waals surface area contributed by atoms with Crippen molar-refractivity contribution >= 4 is 50.7 Å². The number of thioether (sulfide) groups is 1. The first-order valence-corrected chi connectivity index (χ1v) is 22.0. The standard InChI is InChI=1S/C48H64O4S2/c1-8-14-16-17-26-40(25-15-9-2)48(50)52-44(13-6)39(22-11-4)28-18-23-37-24-19-30-45-47(53-34-33-37)43-32-31-41(35-46(43)54-45)38(21-10-3)27-20-29-42(12-5)51-36(7)49/h10-11,18-24,27-28,31-33,35,40,42,44H,3,8-9,12-17,25-26,29-30,34H2,1-2,4-7H3/b22-11-,23-18+,24-19-,27-20-,37-33-,38-21+,39-28+. The first kappa shape index (κ1) is 44.8. The van der Waals surface area contributed by atoms with Gasteiger partial charge < -0.3 is 9.47 Å². The molecule has 0 spiro atoms. The Kier molecular flexibility index (Phi) is 21.1. The summed E-state index contributed by atoms with van der Waals surface area (Å²) in [5.74, 6) is 0.577. The van der Waals surface area contributed by atoms with E-state index >= 15 is 0 Å². The molecule has 3 unspecified atom stereocenters. The Hall–Kier alpha value is -3.61. The molecule has 0 radical (unpaired) electrons. The minimum absolute atomic E-state index is 0.0132. The second kappa shape index (κ2) is 25.5. The summed E-state index contributed by atoms with van der Waals surface area (Å²) in [7, 11) is 0. The summed E-state index contributed by atoms with van der Waals surface area (Å²) in [5, 5.41) is 1.30. The Labute approximate surface area is 335 Å². The summed E-state index contributed by atoms with van der Waals surface area (Å²) < 4.78 is 12.9. The van der Waals surface area contributed by atoms with E-state index < -0.39 is 0 Å². The molecule has 0 saturated carbocycles. The molecule has 3 rings (SSSR count). The van der Waals surface area contributed by atoms with Gasteiger partial charge in [0, 0.05) is 45.4 Å². The normalized spacial score (nSPS) is 17.4. The number of hydrogen-bond donors (Lipinski definition) is 0. The number of carbonyl (C=O) groups is 2. The van der Waals surface area contributed by atoms with E-state index in [1.165, 1.54) is 51.6 Å². The van der Waals surface area contributed by atoms with E-state index in [0.29, 0.717) is 6.42 Å². The summed E-state index contributed by atoms with van der Waals surface area (Å²) in [6, 6.07) is 6.73. The third kappa shape index (κ3) is 14.9. The number of carbonyl (C=O) groups excluding carboxylic acids is 2. The van der Waals surface area contributed by atoms with Crippen LogP contribution in [-0.2, 0) is 25.5 Å². The number of allylic oxidation sites excluding steroid dienone is 11. The van der Waals surface area contributed by atoms with Crippen LogP contribution in [-0.4, -0.2) is 29.9 Å². The molecule has 2 aromatic rings. The van der Waals surface area contributed by atoms with Gasteiger partial charge in [0.15, 0.2) is 0 Å². The number of rotatable bonds is 22. The number of thiophene rings is 1. The Balaban J connectivity index is 1.73. The fraction of sp³-hybridized carbons (Fsp3) is 0.458.